The minimum atomic E-state index is 0.369. The van der Waals surface area contributed by atoms with Crippen LogP contribution in [-0.2, 0) is 22.3 Å². The molecular formula is C18H32N4O2S. The molecule has 142 valence electrons. The molecule has 0 bridgehead atoms. The predicted octanol–water partition coefficient (Wildman–Crippen LogP) is 2.34. The van der Waals surface area contributed by atoms with Crippen LogP contribution < -0.4 is 5.32 Å². The molecule has 0 radical (unpaired) electrons. The fourth-order valence-corrected chi connectivity index (χ4v) is 3.73. The van der Waals surface area contributed by atoms with Gasteiger partial charge in [0.1, 0.15) is 0 Å². The van der Waals surface area contributed by atoms with E-state index in [1.807, 2.05) is 7.05 Å². The molecule has 25 heavy (non-hydrogen) atoms. The number of ether oxygens (including phenoxy) is 2. The number of nitrogens with one attached hydrogen (secondary N) is 1. The topological polar surface area (TPSA) is 59.0 Å². The monoisotopic (exact) mass is 368 g/mol. The summed E-state index contributed by atoms with van der Waals surface area (Å²) < 4.78 is 11.0. The number of nitrogens with zero attached hydrogens (tertiary/aromatic N) is 3. The highest BCUT2D eigenvalue weighted by atomic mass is 32.1. The third-order valence-electron chi connectivity index (χ3n) is 4.37. The number of aromatic nitrogens is 1. The van der Waals surface area contributed by atoms with Crippen molar-refractivity contribution in [3.05, 3.63) is 16.1 Å². The van der Waals surface area contributed by atoms with E-state index in [0.717, 1.165) is 70.9 Å². The normalized spacial score (nSPS) is 16.4. The number of rotatable bonds is 9. The van der Waals surface area contributed by atoms with Gasteiger partial charge in [0.2, 0.25) is 0 Å². The quantitative estimate of drug-likeness (QED) is 0.412. The third kappa shape index (κ3) is 6.92. The van der Waals surface area contributed by atoms with Crippen molar-refractivity contribution in [2.24, 2.45) is 4.99 Å². The number of thiazole rings is 1. The van der Waals surface area contributed by atoms with Crippen molar-refractivity contribution in [1.29, 1.82) is 0 Å². The second kappa shape index (κ2) is 11.4. The maximum Gasteiger partial charge on any atom is 0.193 e. The van der Waals surface area contributed by atoms with Gasteiger partial charge in [0.25, 0.3) is 0 Å². The van der Waals surface area contributed by atoms with Gasteiger partial charge in [-0.2, -0.15) is 0 Å². The highest BCUT2D eigenvalue weighted by Gasteiger charge is 2.21. The number of aliphatic imine (C=N–C) groups is 1. The predicted molar refractivity (Wildman–Crippen MR) is 104 cm³/mol. The second-order valence-corrected chi connectivity index (χ2v) is 7.16. The maximum atomic E-state index is 5.92. The minimum Gasteiger partial charge on any atom is -0.385 e. The van der Waals surface area contributed by atoms with Gasteiger partial charge in [0.15, 0.2) is 5.96 Å². The summed E-state index contributed by atoms with van der Waals surface area (Å²) in [6.07, 6.45) is 5.40. The number of piperidine rings is 1. The molecule has 0 aliphatic carbocycles. The SMILES string of the molecule is CCc1nc(CCNC(=NC)N2CCC(OCCCOC)CC2)cs1. The molecule has 0 amide bonds. The molecular weight excluding hydrogens is 336 g/mol. The Morgan fingerprint density at radius 1 is 1.40 bits per heavy atom. The number of hydrogen-bond acceptors (Lipinski definition) is 5. The number of aryl methyl sites for hydroxylation is 1. The summed E-state index contributed by atoms with van der Waals surface area (Å²) in [5.41, 5.74) is 1.17. The van der Waals surface area contributed by atoms with E-state index in [2.05, 4.69) is 32.5 Å². The van der Waals surface area contributed by atoms with Crippen molar-refractivity contribution < 1.29 is 9.47 Å². The van der Waals surface area contributed by atoms with Crippen LogP contribution in [0.15, 0.2) is 10.4 Å². The highest BCUT2D eigenvalue weighted by Crippen LogP contribution is 2.14. The Kier molecular flexibility index (Phi) is 9.21. The van der Waals surface area contributed by atoms with Gasteiger partial charge in [-0.15, -0.1) is 11.3 Å². The molecule has 1 N–H and O–H groups in total. The highest BCUT2D eigenvalue weighted by molar-refractivity contribution is 7.09. The lowest BCUT2D eigenvalue weighted by molar-refractivity contribution is 0.00992. The van der Waals surface area contributed by atoms with E-state index in [-0.39, 0.29) is 0 Å². The second-order valence-electron chi connectivity index (χ2n) is 6.21. The van der Waals surface area contributed by atoms with E-state index in [4.69, 9.17) is 9.47 Å². The summed E-state index contributed by atoms with van der Waals surface area (Å²) in [6.45, 7) is 6.56. The van der Waals surface area contributed by atoms with Crippen LogP contribution in [0.5, 0.6) is 0 Å². The van der Waals surface area contributed by atoms with Crippen molar-refractivity contribution in [2.45, 2.75) is 45.1 Å². The lowest BCUT2D eigenvalue weighted by Gasteiger charge is -2.34. The first kappa shape index (κ1) is 20.1. The van der Waals surface area contributed by atoms with Crippen LogP contribution in [0.2, 0.25) is 0 Å². The van der Waals surface area contributed by atoms with E-state index >= 15 is 0 Å². The Morgan fingerprint density at radius 2 is 2.20 bits per heavy atom. The summed E-state index contributed by atoms with van der Waals surface area (Å²) in [7, 11) is 3.59. The molecule has 0 aromatic carbocycles. The van der Waals surface area contributed by atoms with Crippen LogP contribution in [0.4, 0.5) is 0 Å². The largest absolute Gasteiger partial charge is 0.385 e. The van der Waals surface area contributed by atoms with Gasteiger partial charge in [0, 0.05) is 58.8 Å². The van der Waals surface area contributed by atoms with E-state index < -0.39 is 0 Å². The van der Waals surface area contributed by atoms with E-state index in [9.17, 15) is 0 Å². The zero-order chi connectivity index (χ0) is 17.9. The van der Waals surface area contributed by atoms with Gasteiger partial charge in [-0.3, -0.25) is 4.99 Å². The fraction of sp³-hybridized carbons (Fsp3) is 0.778. The molecule has 1 aromatic heterocycles. The summed E-state index contributed by atoms with van der Waals surface area (Å²) in [6, 6.07) is 0. The molecule has 0 unspecified atom stereocenters. The van der Waals surface area contributed by atoms with Gasteiger partial charge < -0.3 is 19.7 Å². The van der Waals surface area contributed by atoms with Crippen LogP contribution in [0, 0.1) is 0 Å². The van der Waals surface area contributed by atoms with Gasteiger partial charge in [0.05, 0.1) is 16.8 Å². The Balaban J connectivity index is 1.66. The van der Waals surface area contributed by atoms with Crippen LogP contribution in [0.3, 0.4) is 0 Å². The van der Waals surface area contributed by atoms with E-state index in [0.29, 0.717) is 6.10 Å². The standard InChI is InChI=1S/C18H32N4O2S/c1-4-17-21-15(14-25-17)6-9-20-18(19-2)22-10-7-16(8-11-22)24-13-5-12-23-3/h14,16H,4-13H2,1-3H3,(H,19,20). The number of likely N-dealkylation sites (tertiary alicyclic amines) is 1. The number of methoxy groups -OCH3 is 1. The van der Waals surface area contributed by atoms with E-state index in [1.165, 1.54) is 10.7 Å². The van der Waals surface area contributed by atoms with E-state index in [1.54, 1.807) is 18.4 Å². The Labute approximate surface area is 155 Å². The molecule has 1 fully saturated rings. The zero-order valence-electron chi connectivity index (χ0n) is 15.8. The van der Waals surface area contributed by atoms with Crippen LogP contribution in [0.25, 0.3) is 0 Å². The summed E-state index contributed by atoms with van der Waals surface area (Å²) in [5, 5.41) is 6.85. The van der Waals surface area contributed by atoms with Gasteiger partial charge >= 0.3 is 0 Å². The molecule has 1 aliphatic heterocycles. The first-order chi connectivity index (χ1) is 12.3. The molecule has 0 saturated carbocycles. The number of guanidine groups is 1. The molecule has 0 spiro atoms. The Morgan fingerprint density at radius 3 is 2.84 bits per heavy atom. The first-order valence-corrected chi connectivity index (χ1v) is 10.1. The van der Waals surface area contributed by atoms with Gasteiger partial charge in [-0.25, -0.2) is 4.98 Å². The fourth-order valence-electron chi connectivity index (χ4n) is 2.95. The van der Waals surface area contributed by atoms with Gasteiger partial charge in [-0.1, -0.05) is 6.92 Å². The van der Waals surface area contributed by atoms with Crippen molar-refractivity contribution in [1.82, 2.24) is 15.2 Å². The molecule has 1 aliphatic rings. The Bertz CT molecular complexity index is 513. The van der Waals surface area contributed by atoms with Crippen LogP contribution >= 0.6 is 11.3 Å². The van der Waals surface area contributed by atoms with Crippen molar-refractivity contribution in [2.75, 3.05) is 47.0 Å². The molecule has 1 aromatic rings. The smallest absolute Gasteiger partial charge is 0.193 e. The third-order valence-corrected chi connectivity index (χ3v) is 5.41. The van der Waals surface area contributed by atoms with Crippen molar-refractivity contribution in [3.8, 4) is 0 Å². The molecule has 1 saturated heterocycles. The maximum absolute atomic E-state index is 5.92. The average molecular weight is 369 g/mol. The summed E-state index contributed by atoms with van der Waals surface area (Å²) >= 11 is 1.75. The summed E-state index contributed by atoms with van der Waals surface area (Å²) in [5.74, 6) is 0.990. The minimum absolute atomic E-state index is 0.369. The van der Waals surface area contributed by atoms with Gasteiger partial charge in [-0.05, 0) is 25.7 Å². The lowest BCUT2D eigenvalue weighted by Crippen LogP contribution is -2.47. The Hall–Kier alpha value is -1.18. The summed E-state index contributed by atoms with van der Waals surface area (Å²) in [4.78, 5) is 11.4. The van der Waals surface area contributed by atoms with Crippen LogP contribution in [0.1, 0.15) is 36.9 Å². The van der Waals surface area contributed by atoms with Crippen molar-refractivity contribution in [3.63, 3.8) is 0 Å². The first-order valence-electron chi connectivity index (χ1n) is 9.26. The molecule has 2 heterocycles. The molecule has 6 nitrogen and oxygen atoms in total. The molecule has 0 atom stereocenters. The zero-order valence-corrected chi connectivity index (χ0v) is 16.6. The lowest BCUT2D eigenvalue weighted by atomic mass is 10.1. The molecule has 7 heteroatoms. The van der Waals surface area contributed by atoms with Crippen molar-refractivity contribution >= 4 is 17.3 Å². The average Bonchev–Trinajstić information content (AvgIpc) is 3.11. The molecule has 2 rings (SSSR count). The number of hydrogen-bond donors (Lipinski definition) is 1. The van der Waals surface area contributed by atoms with Crippen LogP contribution in [-0.4, -0.2) is 69.0 Å².